The number of nitrogens with one attached hydrogen (secondary N) is 5. The first-order chi connectivity index (χ1) is 28.3. The summed E-state index contributed by atoms with van der Waals surface area (Å²) in [5, 5.41) is 32.7. The molecule has 0 bridgehead atoms. The second-order valence-electron chi connectivity index (χ2n) is 16.4. The molecule has 0 saturated carbocycles. The first kappa shape index (κ1) is 53.4. The fraction of sp³-hybridized carbons (Fsp3) is 0.780. The summed E-state index contributed by atoms with van der Waals surface area (Å²) < 4.78 is 5.34. The molecule has 1 aliphatic heterocycles. The second kappa shape index (κ2) is 28.8. The maximum atomic E-state index is 13.8. The van der Waals surface area contributed by atoms with Gasteiger partial charge in [0.05, 0.1) is 31.4 Å². The lowest BCUT2D eigenvalue weighted by molar-refractivity contribution is -0.150. The topological polar surface area (TPSA) is 311 Å². The van der Waals surface area contributed by atoms with Crippen LogP contribution in [0.4, 0.5) is 0 Å². The van der Waals surface area contributed by atoms with Crippen molar-refractivity contribution in [1.82, 2.24) is 26.6 Å². The van der Waals surface area contributed by atoms with Crippen LogP contribution in [-0.2, 0) is 43.1 Å². The molecule has 11 N–H and O–H groups in total. The van der Waals surface area contributed by atoms with Gasteiger partial charge in [-0.05, 0) is 38.5 Å². The highest BCUT2D eigenvalue weighted by Gasteiger charge is 2.36. The van der Waals surface area contributed by atoms with E-state index in [0.717, 1.165) is 51.5 Å². The number of ether oxygens (including phenoxy) is 1. The Balaban J connectivity index is 3.07. The minimum Gasteiger partial charge on any atom is -0.461 e. The summed E-state index contributed by atoms with van der Waals surface area (Å²) in [6.07, 6.45) is 8.34. The maximum absolute atomic E-state index is 13.8. The molecular formula is C41H72N8O11. The quantitative estimate of drug-likeness (QED) is 0.0323. The summed E-state index contributed by atoms with van der Waals surface area (Å²) in [5.41, 5.74) is 10.8. The van der Waals surface area contributed by atoms with E-state index in [1.165, 1.54) is 19.8 Å². The number of aliphatic hydroxyl groups is 2. The third-order valence-electron chi connectivity index (χ3n) is 10.2. The van der Waals surface area contributed by atoms with Crippen molar-refractivity contribution in [1.29, 1.82) is 0 Å². The van der Waals surface area contributed by atoms with Gasteiger partial charge in [0.2, 0.25) is 35.4 Å². The van der Waals surface area contributed by atoms with Crippen LogP contribution in [0.5, 0.6) is 0 Å². The lowest BCUT2D eigenvalue weighted by Crippen LogP contribution is -2.60. The molecule has 7 unspecified atom stereocenters. The van der Waals surface area contributed by atoms with Gasteiger partial charge in [-0.3, -0.25) is 38.6 Å². The highest BCUT2D eigenvalue weighted by molar-refractivity contribution is 5.98. The first-order valence-corrected chi connectivity index (χ1v) is 21.3. The fourth-order valence-corrected chi connectivity index (χ4v) is 6.53. The zero-order chi connectivity index (χ0) is 45.4. The van der Waals surface area contributed by atoms with E-state index in [4.69, 9.17) is 16.2 Å². The van der Waals surface area contributed by atoms with E-state index in [2.05, 4.69) is 31.6 Å². The molecule has 0 aliphatic carbocycles. The number of amides is 6. The second-order valence-corrected chi connectivity index (χ2v) is 16.4. The van der Waals surface area contributed by atoms with Crippen LogP contribution >= 0.6 is 0 Å². The van der Waals surface area contributed by atoms with Crippen LogP contribution in [0, 0.1) is 17.8 Å². The summed E-state index contributed by atoms with van der Waals surface area (Å²) in [7, 11) is 0. The van der Waals surface area contributed by atoms with Crippen LogP contribution in [0.1, 0.15) is 131 Å². The van der Waals surface area contributed by atoms with Crippen LogP contribution in [0.2, 0.25) is 0 Å². The molecule has 0 spiro atoms. The number of cyclic esters (lactones) is 1. The van der Waals surface area contributed by atoms with E-state index in [9.17, 15) is 48.6 Å². The van der Waals surface area contributed by atoms with Crippen LogP contribution in [0.3, 0.4) is 0 Å². The molecule has 1 saturated heterocycles. The standard InChI is InChI=1S/C41H72N8O11/c1-24(2)29-20-33(52)32(46-35(54)19-28(51)17-15-13-11-9-7-8-10-12-14-16-18-44-27(6)42)23-60-41(59)26(5)45-38(56)30(21-34(43)53)47-39(57)31(22-50)48-40(58)36(25(3)4)49-37(29)55/h24-26,28-32,36,50-51H,7-23H2,1-6H3,(H2,42,44)(H2,43,53)(H,45,56)(H,46,54)(H,47,57)(H,48,58)(H,49,55). The normalized spacial score (nSPS) is 23.7. The van der Waals surface area contributed by atoms with Gasteiger partial charge in [0.1, 0.15) is 36.8 Å². The molecule has 0 radical (unpaired) electrons. The van der Waals surface area contributed by atoms with Crippen molar-refractivity contribution in [3.63, 3.8) is 0 Å². The number of aliphatic hydroxyl groups excluding tert-OH is 2. The summed E-state index contributed by atoms with van der Waals surface area (Å²) in [6, 6.07) is -7.35. The molecule has 6 amide bonds. The Bertz CT molecular complexity index is 1450. The number of carbonyl (C=O) groups is 8. The minimum absolute atomic E-state index is 0.332. The zero-order valence-electron chi connectivity index (χ0n) is 36.4. The zero-order valence-corrected chi connectivity index (χ0v) is 36.4. The minimum atomic E-state index is -1.64. The number of amidine groups is 1. The van der Waals surface area contributed by atoms with E-state index in [1.54, 1.807) is 34.6 Å². The number of primary amides is 1. The molecule has 7 atom stereocenters. The average molecular weight is 853 g/mol. The van der Waals surface area contributed by atoms with Gasteiger partial charge in [-0.25, -0.2) is 4.79 Å². The number of hydrogen-bond donors (Lipinski definition) is 9. The molecule has 0 aromatic carbocycles. The predicted molar refractivity (Wildman–Crippen MR) is 224 cm³/mol. The summed E-state index contributed by atoms with van der Waals surface area (Å²) in [5.74, 6) is -8.42. The van der Waals surface area contributed by atoms with Gasteiger partial charge >= 0.3 is 5.97 Å². The van der Waals surface area contributed by atoms with Crippen LogP contribution < -0.4 is 38.1 Å². The van der Waals surface area contributed by atoms with Crippen molar-refractivity contribution in [2.24, 2.45) is 34.2 Å². The van der Waals surface area contributed by atoms with Crippen LogP contribution in [-0.4, -0.2) is 119 Å². The Hall–Kier alpha value is -4.65. The Kier molecular flexibility index (Phi) is 25.6. The van der Waals surface area contributed by atoms with E-state index in [-0.39, 0.29) is 6.42 Å². The van der Waals surface area contributed by atoms with Crippen LogP contribution in [0.25, 0.3) is 0 Å². The van der Waals surface area contributed by atoms with Gasteiger partial charge in [0.15, 0.2) is 5.78 Å². The van der Waals surface area contributed by atoms with Crippen molar-refractivity contribution >= 4 is 53.0 Å². The smallest absolute Gasteiger partial charge is 0.328 e. The van der Waals surface area contributed by atoms with Crippen molar-refractivity contribution < 1.29 is 53.3 Å². The van der Waals surface area contributed by atoms with Gasteiger partial charge in [-0.1, -0.05) is 85.5 Å². The molecule has 1 rings (SSSR count). The van der Waals surface area contributed by atoms with Crippen molar-refractivity contribution in [2.75, 3.05) is 19.8 Å². The maximum Gasteiger partial charge on any atom is 0.328 e. The Labute approximate surface area is 354 Å². The number of nitrogens with two attached hydrogens (primary N) is 2. The lowest BCUT2D eigenvalue weighted by Gasteiger charge is -2.28. The first-order valence-electron chi connectivity index (χ1n) is 21.3. The number of ketones is 1. The van der Waals surface area contributed by atoms with Crippen molar-refractivity contribution in [2.45, 2.75) is 168 Å². The lowest BCUT2D eigenvalue weighted by atomic mass is 9.87. The summed E-state index contributed by atoms with van der Waals surface area (Å²) >= 11 is 0. The fourth-order valence-electron chi connectivity index (χ4n) is 6.53. The molecule has 1 heterocycles. The average Bonchev–Trinajstić information content (AvgIpc) is 3.16. The van der Waals surface area contributed by atoms with Crippen molar-refractivity contribution in [3.8, 4) is 0 Å². The van der Waals surface area contributed by atoms with E-state index in [0.29, 0.717) is 18.7 Å². The number of aliphatic imine (C=N–C) groups is 1. The number of esters is 1. The van der Waals surface area contributed by atoms with E-state index >= 15 is 0 Å². The number of Topliss-reactive ketones (excluding diaryl/α,β-unsaturated/α-hetero) is 1. The summed E-state index contributed by atoms with van der Waals surface area (Å²) in [4.78, 5) is 109. The molecule has 0 aromatic rings. The number of hydrogen-bond acceptors (Lipinski definition) is 12. The van der Waals surface area contributed by atoms with Gasteiger partial charge in [-0.2, -0.15) is 0 Å². The van der Waals surface area contributed by atoms with Crippen molar-refractivity contribution in [3.05, 3.63) is 0 Å². The molecule has 1 fully saturated rings. The number of rotatable bonds is 21. The highest BCUT2D eigenvalue weighted by Crippen LogP contribution is 2.19. The number of unbranched alkanes of at least 4 members (excludes halogenated alkanes) is 9. The molecular weight excluding hydrogens is 780 g/mol. The monoisotopic (exact) mass is 853 g/mol. The third-order valence-corrected chi connectivity index (χ3v) is 10.2. The number of carbonyl (C=O) groups excluding carboxylic acids is 8. The number of nitrogens with zero attached hydrogens (tertiary/aromatic N) is 1. The molecule has 342 valence electrons. The van der Waals surface area contributed by atoms with Gasteiger partial charge in [-0.15, -0.1) is 0 Å². The molecule has 19 nitrogen and oxygen atoms in total. The Morgan fingerprint density at radius 3 is 1.87 bits per heavy atom. The van der Waals surface area contributed by atoms with E-state index < -0.39 is 127 Å². The Morgan fingerprint density at radius 2 is 1.33 bits per heavy atom. The molecule has 1 aliphatic rings. The third kappa shape index (κ3) is 21.6. The largest absolute Gasteiger partial charge is 0.461 e. The van der Waals surface area contributed by atoms with Gasteiger partial charge < -0.3 is 53.0 Å². The summed E-state index contributed by atoms with van der Waals surface area (Å²) in [6.45, 7) is 8.81. The van der Waals surface area contributed by atoms with E-state index in [1.807, 2.05) is 0 Å². The SMILES string of the molecule is CC(N)=NCCCCCCCCCCCCC(O)CC(=O)NC1COC(=O)C(C)NC(=O)C(CC(N)=O)NC(=O)C(CO)NC(=O)C(C(C)C)NC(=O)C(C(C)C)CC1=O. The molecule has 0 aromatic heterocycles. The van der Waals surface area contributed by atoms with Crippen LogP contribution in [0.15, 0.2) is 4.99 Å². The highest BCUT2D eigenvalue weighted by atomic mass is 16.5. The van der Waals surface area contributed by atoms with Gasteiger partial charge in [0.25, 0.3) is 0 Å². The molecule has 19 heteroatoms. The van der Waals surface area contributed by atoms with Gasteiger partial charge in [0, 0.05) is 18.9 Å². The molecule has 60 heavy (non-hydrogen) atoms. The predicted octanol–water partition coefficient (Wildman–Crippen LogP) is 0.161. The Morgan fingerprint density at radius 1 is 0.783 bits per heavy atom.